The Kier molecular flexibility index (Phi) is 3.11. The maximum absolute atomic E-state index is 4.66. The van der Waals surface area contributed by atoms with E-state index in [9.17, 15) is 0 Å². The fraction of sp³-hybridized carbons (Fsp3) is 0.312. The monoisotopic (exact) mass is 253 g/mol. The average molecular weight is 253 g/mol. The van der Waals surface area contributed by atoms with Crippen molar-refractivity contribution in [3.05, 3.63) is 48.0 Å². The first-order chi connectivity index (χ1) is 9.28. The highest BCUT2D eigenvalue weighted by atomic mass is 15.2. The van der Waals surface area contributed by atoms with Crippen LogP contribution in [0.1, 0.15) is 12.5 Å². The van der Waals surface area contributed by atoms with E-state index >= 15 is 0 Å². The van der Waals surface area contributed by atoms with E-state index in [4.69, 9.17) is 0 Å². The van der Waals surface area contributed by atoms with Gasteiger partial charge in [0.15, 0.2) is 0 Å². The van der Waals surface area contributed by atoms with Gasteiger partial charge in [-0.25, -0.2) is 4.98 Å². The SMILES string of the molecule is CNc1cccc(N2CC(C)Cc3ccccc32)n1. The van der Waals surface area contributed by atoms with Crippen LogP contribution in [0.15, 0.2) is 42.5 Å². The quantitative estimate of drug-likeness (QED) is 0.888. The second kappa shape index (κ2) is 4.92. The molecule has 0 amide bonds. The highest BCUT2D eigenvalue weighted by Crippen LogP contribution is 2.34. The Balaban J connectivity index is 2.04. The minimum absolute atomic E-state index is 0.648. The second-order valence-electron chi connectivity index (χ2n) is 5.18. The maximum atomic E-state index is 4.66. The average Bonchev–Trinajstić information content (AvgIpc) is 2.46. The molecule has 3 rings (SSSR count). The van der Waals surface area contributed by atoms with E-state index in [1.807, 2.05) is 13.1 Å². The lowest BCUT2D eigenvalue weighted by Crippen LogP contribution is -2.31. The van der Waals surface area contributed by atoms with Crippen molar-refractivity contribution in [2.24, 2.45) is 5.92 Å². The zero-order chi connectivity index (χ0) is 13.2. The molecule has 0 aliphatic carbocycles. The number of nitrogens with one attached hydrogen (secondary N) is 1. The van der Waals surface area contributed by atoms with Gasteiger partial charge in [0.25, 0.3) is 0 Å². The molecule has 98 valence electrons. The van der Waals surface area contributed by atoms with Gasteiger partial charge >= 0.3 is 0 Å². The van der Waals surface area contributed by atoms with Gasteiger partial charge in [0.1, 0.15) is 11.6 Å². The van der Waals surface area contributed by atoms with Gasteiger partial charge in [0, 0.05) is 19.3 Å². The van der Waals surface area contributed by atoms with E-state index in [0.29, 0.717) is 5.92 Å². The van der Waals surface area contributed by atoms with Crippen molar-refractivity contribution in [2.45, 2.75) is 13.3 Å². The Labute approximate surface area is 114 Å². The number of hydrogen-bond donors (Lipinski definition) is 1. The zero-order valence-electron chi connectivity index (χ0n) is 11.4. The molecule has 2 aromatic rings. The van der Waals surface area contributed by atoms with E-state index < -0.39 is 0 Å². The molecule has 19 heavy (non-hydrogen) atoms. The summed E-state index contributed by atoms with van der Waals surface area (Å²) < 4.78 is 0. The third kappa shape index (κ3) is 2.28. The third-order valence-electron chi connectivity index (χ3n) is 3.61. The fourth-order valence-electron chi connectivity index (χ4n) is 2.73. The van der Waals surface area contributed by atoms with E-state index in [0.717, 1.165) is 24.6 Å². The van der Waals surface area contributed by atoms with Gasteiger partial charge in [-0.3, -0.25) is 0 Å². The summed E-state index contributed by atoms with van der Waals surface area (Å²) in [6, 6.07) is 14.7. The van der Waals surface area contributed by atoms with Gasteiger partial charge in [0.05, 0.1) is 0 Å². The number of para-hydroxylation sites is 1. The Hall–Kier alpha value is -2.03. The molecule has 0 radical (unpaired) electrons. The van der Waals surface area contributed by atoms with E-state index in [2.05, 4.69) is 58.5 Å². The van der Waals surface area contributed by atoms with Crippen LogP contribution in [-0.2, 0) is 6.42 Å². The molecule has 0 saturated carbocycles. The summed E-state index contributed by atoms with van der Waals surface area (Å²) in [6.45, 7) is 3.32. The summed E-state index contributed by atoms with van der Waals surface area (Å²) in [5.74, 6) is 2.58. The van der Waals surface area contributed by atoms with Crippen molar-refractivity contribution in [3.8, 4) is 0 Å². The number of anilines is 3. The molecule has 1 aromatic carbocycles. The fourth-order valence-corrected chi connectivity index (χ4v) is 2.73. The van der Waals surface area contributed by atoms with Crippen LogP contribution in [0, 0.1) is 5.92 Å². The second-order valence-corrected chi connectivity index (χ2v) is 5.18. The number of pyridine rings is 1. The highest BCUT2D eigenvalue weighted by molar-refractivity contribution is 5.66. The number of rotatable bonds is 2. The molecule has 1 aromatic heterocycles. The standard InChI is InChI=1S/C16H19N3/c1-12-10-13-6-3-4-7-14(13)19(11-12)16-9-5-8-15(17-2)18-16/h3-9,12H,10-11H2,1-2H3,(H,17,18). The molecule has 1 N–H and O–H groups in total. The summed E-state index contributed by atoms with van der Waals surface area (Å²) >= 11 is 0. The van der Waals surface area contributed by atoms with Gasteiger partial charge in [-0.1, -0.05) is 31.2 Å². The van der Waals surface area contributed by atoms with Crippen LogP contribution in [0.3, 0.4) is 0 Å². The topological polar surface area (TPSA) is 28.2 Å². The molecular formula is C16H19N3. The zero-order valence-corrected chi connectivity index (χ0v) is 11.4. The first-order valence-electron chi connectivity index (χ1n) is 6.78. The number of benzene rings is 1. The molecule has 3 nitrogen and oxygen atoms in total. The first kappa shape index (κ1) is 12.0. The lowest BCUT2D eigenvalue weighted by Gasteiger charge is -2.34. The van der Waals surface area contributed by atoms with Crippen molar-refractivity contribution in [1.82, 2.24) is 4.98 Å². The Morgan fingerprint density at radius 2 is 2.00 bits per heavy atom. The molecule has 1 atom stereocenters. The van der Waals surface area contributed by atoms with Gasteiger partial charge < -0.3 is 10.2 Å². The highest BCUT2D eigenvalue weighted by Gasteiger charge is 2.23. The van der Waals surface area contributed by atoms with Crippen LogP contribution in [0.5, 0.6) is 0 Å². The summed E-state index contributed by atoms with van der Waals surface area (Å²) in [6.07, 6.45) is 1.15. The van der Waals surface area contributed by atoms with Crippen LogP contribution < -0.4 is 10.2 Å². The van der Waals surface area contributed by atoms with E-state index in [1.165, 1.54) is 11.3 Å². The lowest BCUT2D eigenvalue weighted by molar-refractivity contribution is 0.560. The largest absolute Gasteiger partial charge is 0.373 e. The molecule has 1 unspecified atom stereocenters. The number of nitrogens with zero attached hydrogens (tertiary/aromatic N) is 2. The van der Waals surface area contributed by atoms with Gasteiger partial charge in [0.2, 0.25) is 0 Å². The normalized spacial score (nSPS) is 18.0. The summed E-state index contributed by atoms with van der Waals surface area (Å²) in [5.41, 5.74) is 2.71. The van der Waals surface area contributed by atoms with Crippen LogP contribution in [0.25, 0.3) is 0 Å². The first-order valence-corrected chi connectivity index (χ1v) is 6.78. The van der Waals surface area contributed by atoms with Crippen LogP contribution in [0.4, 0.5) is 17.3 Å². The van der Waals surface area contributed by atoms with Crippen molar-refractivity contribution >= 4 is 17.3 Å². The van der Waals surface area contributed by atoms with Crippen LogP contribution in [0.2, 0.25) is 0 Å². The molecule has 3 heteroatoms. The molecule has 0 fully saturated rings. The molecular weight excluding hydrogens is 234 g/mol. The van der Waals surface area contributed by atoms with E-state index in [-0.39, 0.29) is 0 Å². The van der Waals surface area contributed by atoms with Crippen molar-refractivity contribution in [1.29, 1.82) is 0 Å². The maximum Gasteiger partial charge on any atom is 0.135 e. The third-order valence-corrected chi connectivity index (χ3v) is 3.61. The molecule has 2 heterocycles. The summed E-state index contributed by atoms with van der Waals surface area (Å²) in [5, 5.41) is 3.10. The number of aromatic nitrogens is 1. The summed E-state index contributed by atoms with van der Waals surface area (Å²) in [4.78, 5) is 6.99. The predicted octanol–water partition coefficient (Wildman–Crippen LogP) is 3.45. The lowest BCUT2D eigenvalue weighted by atomic mass is 9.94. The van der Waals surface area contributed by atoms with Crippen LogP contribution >= 0.6 is 0 Å². The predicted molar refractivity (Wildman–Crippen MR) is 80.1 cm³/mol. The van der Waals surface area contributed by atoms with E-state index in [1.54, 1.807) is 0 Å². The number of fused-ring (bicyclic) bond motifs is 1. The van der Waals surface area contributed by atoms with Crippen LogP contribution in [-0.4, -0.2) is 18.6 Å². The molecule has 0 bridgehead atoms. The molecule has 1 aliphatic heterocycles. The minimum atomic E-state index is 0.648. The Bertz CT molecular complexity index is 580. The van der Waals surface area contributed by atoms with Crippen molar-refractivity contribution < 1.29 is 0 Å². The van der Waals surface area contributed by atoms with Crippen molar-refractivity contribution in [2.75, 3.05) is 23.8 Å². The Morgan fingerprint density at radius 3 is 2.84 bits per heavy atom. The van der Waals surface area contributed by atoms with Crippen molar-refractivity contribution in [3.63, 3.8) is 0 Å². The Morgan fingerprint density at radius 1 is 1.16 bits per heavy atom. The molecule has 0 spiro atoms. The van der Waals surface area contributed by atoms with Gasteiger partial charge in [-0.15, -0.1) is 0 Å². The summed E-state index contributed by atoms with van der Waals surface area (Å²) in [7, 11) is 1.90. The smallest absolute Gasteiger partial charge is 0.135 e. The molecule has 0 saturated heterocycles. The molecule has 1 aliphatic rings. The van der Waals surface area contributed by atoms with Gasteiger partial charge in [-0.2, -0.15) is 0 Å². The number of hydrogen-bond acceptors (Lipinski definition) is 3. The van der Waals surface area contributed by atoms with Gasteiger partial charge in [-0.05, 0) is 36.1 Å². The minimum Gasteiger partial charge on any atom is -0.373 e.